The van der Waals surface area contributed by atoms with Gasteiger partial charge in [-0.15, -0.1) is 0 Å². The topological polar surface area (TPSA) is 77.4 Å². The standard InChI is InChI=1S/C17H24N6O2/c1-6-7-8-23-16-18-14-13(21(16)10-12(4)19-23)15(24)22(9-11(2)3)17(25)20(14)5/h6-7,11H,8-10H2,1-5H3/b7-6-. The Kier molecular flexibility index (Phi) is 4.36. The van der Waals surface area contributed by atoms with Crippen molar-refractivity contribution in [2.75, 3.05) is 11.6 Å². The van der Waals surface area contributed by atoms with Gasteiger partial charge in [-0.3, -0.25) is 18.5 Å². The lowest BCUT2D eigenvalue weighted by Crippen LogP contribution is -2.41. The van der Waals surface area contributed by atoms with E-state index in [1.165, 1.54) is 9.13 Å². The molecule has 134 valence electrons. The van der Waals surface area contributed by atoms with E-state index in [0.717, 1.165) is 5.71 Å². The Hall–Kier alpha value is -2.64. The zero-order valence-corrected chi connectivity index (χ0v) is 15.4. The highest BCUT2D eigenvalue weighted by Gasteiger charge is 2.26. The fourth-order valence-electron chi connectivity index (χ4n) is 3.07. The van der Waals surface area contributed by atoms with Crippen LogP contribution in [0.25, 0.3) is 11.2 Å². The molecule has 8 nitrogen and oxygen atoms in total. The van der Waals surface area contributed by atoms with Gasteiger partial charge in [0.15, 0.2) is 11.2 Å². The van der Waals surface area contributed by atoms with Gasteiger partial charge in [-0.1, -0.05) is 26.0 Å². The Morgan fingerprint density at radius 2 is 2.00 bits per heavy atom. The van der Waals surface area contributed by atoms with Crippen LogP contribution in [0, 0.1) is 5.92 Å². The molecule has 0 N–H and O–H groups in total. The van der Waals surface area contributed by atoms with Gasteiger partial charge in [0.05, 0.1) is 18.8 Å². The lowest BCUT2D eigenvalue weighted by molar-refractivity contribution is 0.484. The molecule has 0 saturated heterocycles. The zero-order chi connectivity index (χ0) is 18.3. The molecule has 0 amide bonds. The summed E-state index contributed by atoms with van der Waals surface area (Å²) in [4.78, 5) is 30.2. The first-order chi connectivity index (χ1) is 11.8. The number of anilines is 1. The molecule has 0 aliphatic carbocycles. The Bertz CT molecular complexity index is 989. The Balaban J connectivity index is 2.30. The summed E-state index contributed by atoms with van der Waals surface area (Å²) in [6, 6.07) is 0. The summed E-state index contributed by atoms with van der Waals surface area (Å²) in [5, 5.41) is 6.29. The van der Waals surface area contributed by atoms with Gasteiger partial charge in [0.2, 0.25) is 5.95 Å². The van der Waals surface area contributed by atoms with Gasteiger partial charge in [-0.2, -0.15) is 10.1 Å². The Labute approximate surface area is 145 Å². The average molecular weight is 344 g/mol. The van der Waals surface area contributed by atoms with E-state index in [0.29, 0.717) is 36.7 Å². The van der Waals surface area contributed by atoms with Gasteiger partial charge in [0.1, 0.15) is 0 Å². The maximum absolute atomic E-state index is 13.0. The molecule has 0 atom stereocenters. The second-order valence-corrected chi connectivity index (χ2v) is 6.81. The van der Waals surface area contributed by atoms with Crippen molar-refractivity contribution in [2.45, 2.75) is 40.8 Å². The van der Waals surface area contributed by atoms with Crippen molar-refractivity contribution < 1.29 is 0 Å². The lowest BCUT2D eigenvalue weighted by Gasteiger charge is -2.23. The van der Waals surface area contributed by atoms with Crippen molar-refractivity contribution >= 4 is 22.8 Å². The van der Waals surface area contributed by atoms with E-state index in [9.17, 15) is 9.59 Å². The molecule has 0 radical (unpaired) electrons. The van der Waals surface area contributed by atoms with Crippen molar-refractivity contribution in [2.24, 2.45) is 18.1 Å². The average Bonchev–Trinajstić information content (AvgIpc) is 2.94. The maximum Gasteiger partial charge on any atom is 0.332 e. The number of aromatic nitrogens is 4. The molecule has 0 spiro atoms. The summed E-state index contributed by atoms with van der Waals surface area (Å²) >= 11 is 0. The number of hydrazone groups is 1. The molecule has 3 heterocycles. The highest BCUT2D eigenvalue weighted by molar-refractivity contribution is 5.87. The number of hydrogen-bond donors (Lipinski definition) is 0. The first-order valence-corrected chi connectivity index (χ1v) is 8.48. The Morgan fingerprint density at radius 1 is 1.28 bits per heavy atom. The van der Waals surface area contributed by atoms with Crippen molar-refractivity contribution in [3.8, 4) is 0 Å². The number of allylic oxidation sites excluding steroid dienone is 1. The number of rotatable bonds is 4. The summed E-state index contributed by atoms with van der Waals surface area (Å²) in [5.74, 6) is 0.786. The van der Waals surface area contributed by atoms with Crippen LogP contribution in [0.5, 0.6) is 0 Å². The van der Waals surface area contributed by atoms with Gasteiger partial charge < -0.3 is 0 Å². The molecule has 25 heavy (non-hydrogen) atoms. The molecule has 2 aromatic heterocycles. The molecular formula is C17H24N6O2. The molecular weight excluding hydrogens is 320 g/mol. The summed E-state index contributed by atoms with van der Waals surface area (Å²) in [6.07, 6.45) is 3.92. The minimum Gasteiger partial charge on any atom is -0.297 e. The fraction of sp³-hybridized carbons (Fsp3) is 0.529. The van der Waals surface area contributed by atoms with Crippen LogP contribution in [0.15, 0.2) is 26.8 Å². The van der Waals surface area contributed by atoms with E-state index in [1.807, 2.05) is 44.4 Å². The third-order valence-electron chi connectivity index (χ3n) is 4.18. The number of imidazole rings is 1. The third kappa shape index (κ3) is 2.81. The van der Waals surface area contributed by atoms with E-state index in [4.69, 9.17) is 0 Å². The molecule has 1 aliphatic rings. The van der Waals surface area contributed by atoms with Crippen LogP contribution in [0.1, 0.15) is 27.7 Å². The van der Waals surface area contributed by atoms with E-state index >= 15 is 0 Å². The zero-order valence-electron chi connectivity index (χ0n) is 15.4. The van der Waals surface area contributed by atoms with Crippen LogP contribution >= 0.6 is 0 Å². The predicted molar refractivity (Wildman–Crippen MR) is 99.3 cm³/mol. The number of fused-ring (bicyclic) bond motifs is 3. The monoisotopic (exact) mass is 344 g/mol. The van der Waals surface area contributed by atoms with Gasteiger partial charge >= 0.3 is 5.69 Å². The second kappa shape index (κ2) is 6.34. The predicted octanol–water partition coefficient (Wildman–Crippen LogP) is 1.32. The number of nitrogens with zero attached hydrogens (tertiary/aromatic N) is 6. The van der Waals surface area contributed by atoms with Crippen molar-refractivity contribution in [1.29, 1.82) is 0 Å². The quantitative estimate of drug-likeness (QED) is 0.784. The highest BCUT2D eigenvalue weighted by Crippen LogP contribution is 2.23. The van der Waals surface area contributed by atoms with E-state index in [1.54, 1.807) is 12.1 Å². The first-order valence-electron chi connectivity index (χ1n) is 8.48. The van der Waals surface area contributed by atoms with Gasteiger partial charge in [-0.05, 0) is 19.8 Å². The summed E-state index contributed by atoms with van der Waals surface area (Å²) in [6.45, 7) is 9.27. The highest BCUT2D eigenvalue weighted by atomic mass is 16.2. The van der Waals surface area contributed by atoms with Crippen molar-refractivity contribution in [1.82, 2.24) is 18.7 Å². The van der Waals surface area contributed by atoms with Crippen molar-refractivity contribution in [3.63, 3.8) is 0 Å². The van der Waals surface area contributed by atoms with Gasteiger partial charge in [0, 0.05) is 13.6 Å². The number of hydrogen-bond acceptors (Lipinski definition) is 5. The molecule has 0 fully saturated rings. The second-order valence-electron chi connectivity index (χ2n) is 6.81. The smallest absolute Gasteiger partial charge is 0.297 e. The van der Waals surface area contributed by atoms with E-state index in [-0.39, 0.29) is 17.2 Å². The fourth-order valence-corrected chi connectivity index (χ4v) is 3.07. The third-order valence-corrected chi connectivity index (χ3v) is 4.18. The van der Waals surface area contributed by atoms with Gasteiger partial charge in [0.25, 0.3) is 5.56 Å². The van der Waals surface area contributed by atoms with Crippen LogP contribution in [0.2, 0.25) is 0 Å². The van der Waals surface area contributed by atoms with Crippen LogP contribution in [-0.4, -0.2) is 30.9 Å². The Morgan fingerprint density at radius 3 is 2.64 bits per heavy atom. The van der Waals surface area contributed by atoms with Crippen LogP contribution in [0.4, 0.5) is 5.95 Å². The van der Waals surface area contributed by atoms with Crippen LogP contribution in [0.3, 0.4) is 0 Å². The lowest BCUT2D eigenvalue weighted by atomic mass is 10.2. The molecule has 2 aromatic rings. The molecule has 0 unspecified atom stereocenters. The molecule has 0 aromatic carbocycles. The van der Waals surface area contributed by atoms with Crippen LogP contribution < -0.4 is 16.3 Å². The SMILES string of the molecule is C/C=C\CN1N=C(C)Cn2c1nc1c2c(=O)n(CC(C)C)c(=O)n1C. The van der Waals surface area contributed by atoms with Crippen LogP contribution in [-0.2, 0) is 20.1 Å². The number of aryl methyl sites for hydroxylation is 1. The van der Waals surface area contributed by atoms with E-state index < -0.39 is 0 Å². The summed E-state index contributed by atoms with van der Waals surface area (Å²) < 4.78 is 4.62. The minimum atomic E-state index is -0.334. The minimum absolute atomic E-state index is 0.195. The largest absolute Gasteiger partial charge is 0.332 e. The van der Waals surface area contributed by atoms with Gasteiger partial charge in [-0.25, -0.2) is 9.80 Å². The molecule has 1 aliphatic heterocycles. The molecule has 0 bridgehead atoms. The first kappa shape index (κ1) is 17.2. The van der Waals surface area contributed by atoms with E-state index in [2.05, 4.69) is 10.1 Å². The molecule has 0 saturated carbocycles. The van der Waals surface area contributed by atoms with Crippen molar-refractivity contribution in [3.05, 3.63) is 33.0 Å². The maximum atomic E-state index is 13.0. The summed E-state index contributed by atoms with van der Waals surface area (Å²) in [7, 11) is 1.66. The molecule has 3 rings (SSSR count). The molecule has 8 heteroatoms. The normalized spacial score (nSPS) is 14.6. The summed E-state index contributed by atoms with van der Waals surface area (Å²) in [5.41, 5.74) is 1.13.